The second-order valence-electron chi connectivity index (χ2n) is 8.00. The van der Waals surface area contributed by atoms with Gasteiger partial charge < -0.3 is 20.4 Å². The van der Waals surface area contributed by atoms with Gasteiger partial charge in [0.25, 0.3) is 0 Å². The molecule has 1 atom stereocenters. The first-order chi connectivity index (χ1) is 13.5. The number of hydrogen-bond acceptors (Lipinski definition) is 4. The van der Waals surface area contributed by atoms with Gasteiger partial charge >= 0.3 is 0 Å². The van der Waals surface area contributed by atoms with Crippen molar-refractivity contribution in [3.63, 3.8) is 0 Å². The van der Waals surface area contributed by atoms with Gasteiger partial charge in [-0.15, -0.1) is 24.0 Å². The number of aliphatic imine (C=N–C) groups is 1. The molecule has 0 radical (unpaired) electrons. The van der Waals surface area contributed by atoms with Crippen LogP contribution in [0.2, 0.25) is 0 Å². The minimum atomic E-state index is -0.169. The maximum absolute atomic E-state index is 13.5. The summed E-state index contributed by atoms with van der Waals surface area (Å²) < 4.78 is 13.5. The number of nitrogens with one attached hydrogen (secondary N) is 2. The molecular weight excluding hydrogens is 482 g/mol. The lowest BCUT2D eigenvalue weighted by Gasteiger charge is -2.37. The summed E-state index contributed by atoms with van der Waals surface area (Å²) in [6, 6.07) is 7.75. The van der Waals surface area contributed by atoms with Crippen molar-refractivity contribution in [3.8, 4) is 0 Å². The number of rotatable bonds is 5. The summed E-state index contributed by atoms with van der Waals surface area (Å²) in [4.78, 5) is 11.9. The Morgan fingerprint density at radius 1 is 1.17 bits per heavy atom. The van der Waals surface area contributed by atoms with Crippen molar-refractivity contribution in [2.24, 2.45) is 4.99 Å². The van der Waals surface area contributed by atoms with E-state index in [0.717, 1.165) is 70.3 Å². The Labute approximate surface area is 191 Å². The fourth-order valence-corrected chi connectivity index (χ4v) is 3.96. The highest BCUT2D eigenvalue weighted by molar-refractivity contribution is 14.0. The van der Waals surface area contributed by atoms with E-state index in [0.29, 0.717) is 12.1 Å². The van der Waals surface area contributed by atoms with E-state index >= 15 is 0 Å². The average Bonchev–Trinajstić information content (AvgIpc) is 2.69. The van der Waals surface area contributed by atoms with Gasteiger partial charge in [0.05, 0.1) is 6.54 Å². The first-order valence-corrected chi connectivity index (χ1v) is 10.5. The first-order valence-electron chi connectivity index (χ1n) is 10.5. The van der Waals surface area contributed by atoms with Crippen molar-refractivity contribution in [2.45, 2.75) is 31.8 Å². The molecule has 2 fully saturated rings. The van der Waals surface area contributed by atoms with Crippen molar-refractivity contribution in [1.82, 2.24) is 20.4 Å². The Balaban J connectivity index is 0.00000300. The molecule has 1 aromatic carbocycles. The summed E-state index contributed by atoms with van der Waals surface area (Å²) >= 11 is 0. The van der Waals surface area contributed by atoms with Gasteiger partial charge in [-0.25, -0.2) is 4.39 Å². The normalized spacial score (nSPS) is 22.3. The van der Waals surface area contributed by atoms with Gasteiger partial charge in [0, 0.05) is 57.0 Å². The molecule has 0 amide bonds. The van der Waals surface area contributed by atoms with Crippen LogP contribution in [-0.4, -0.2) is 87.8 Å². The van der Waals surface area contributed by atoms with Crippen LogP contribution >= 0.6 is 24.0 Å². The number of halogens is 2. The zero-order valence-corrected chi connectivity index (χ0v) is 20.2. The van der Waals surface area contributed by atoms with Crippen LogP contribution in [0.25, 0.3) is 0 Å². The second kappa shape index (κ2) is 11.9. The van der Waals surface area contributed by atoms with Gasteiger partial charge in [0.2, 0.25) is 0 Å². The predicted molar refractivity (Wildman–Crippen MR) is 130 cm³/mol. The van der Waals surface area contributed by atoms with Crippen LogP contribution < -0.4 is 15.5 Å². The number of anilines is 1. The largest absolute Gasteiger partial charge is 0.371 e. The topological polar surface area (TPSA) is 46.1 Å². The van der Waals surface area contributed by atoms with Crippen LogP contribution in [0.15, 0.2) is 29.3 Å². The molecule has 2 heterocycles. The van der Waals surface area contributed by atoms with E-state index in [4.69, 9.17) is 4.99 Å². The van der Waals surface area contributed by atoms with Crippen LogP contribution in [0.3, 0.4) is 0 Å². The van der Waals surface area contributed by atoms with E-state index in [-0.39, 0.29) is 29.8 Å². The Bertz CT molecular complexity index is 650. The third kappa shape index (κ3) is 7.25. The van der Waals surface area contributed by atoms with Crippen LogP contribution in [0, 0.1) is 5.82 Å². The van der Waals surface area contributed by atoms with Crippen LogP contribution in [0.4, 0.5) is 10.1 Å². The zero-order chi connectivity index (χ0) is 19.9. The molecule has 0 aromatic heterocycles. The van der Waals surface area contributed by atoms with E-state index < -0.39 is 0 Å². The summed E-state index contributed by atoms with van der Waals surface area (Å²) in [7, 11) is 4.37. The van der Waals surface area contributed by atoms with Crippen molar-refractivity contribution < 1.29 is 4.39 Å². The summed E-state index contributed by atoms with van der Waals surface area (Å²) in [5.74, 6) is 0.742. The number of hydrogen-bond donors (Lipinski definition) is 2. The van der Waals surface area contributed by atoms with Gasteiger partial charge in [0.15, 0.2) is 5.96 Å². The molecule has 8 heteroatoms. The molecular formula is C21H36FIN6. The van der Waals surface area contributed by atoms with Crippen molar-refractivity contribution in [3.05, 3.63) is 30.1 Å². The number of likely N-dealkylation sites (N-methyl/N-ethyl adjacent to an activating group) is 2. The van der Waals surface area contributed by atoms with E-state index in [1.165, 1.54) is 6.07 Å². The molecule has 2 N–H and O–H groups in total. The van der Waals surface area contributed by atoms with Crippen LogP contribution in [-0.2, 0) is 0 Å². The molecule has 0 spiro atoms. The Kier molecular flexibility index (Phi) is 9.91. The maximum Gasteiger partial charge on any atom is 0.191 e. The maximum atomic E-state index is 13.5. The van der Waals surface area contributed by atoms with Crippen LogP contribution in [0.1, 0.15) is 19.8 Å². The minimum absolute atomic E-state index is 0. The van der Waals surface area contributed by atoms with Crippen molar-refractivity contribution in [2.75, 3.05) is 64.8 Å². The Morgan fingerprint density at radius 2 is 1.93 bits per heavy atom. The van der Waals surface area contributed by atoms with Crippen LogP contribution in [0.5, 0.6) is 0 Å². The molecule has 1 unspecified atom stereocenters. The summed E-state index contributed by atoms with van der Waals surface area (Å²) in [5, 5.41) is 7.00. The molecule has 0 bridgehead atoms. The highest BCUT2D eigenvalue weighted by Gasteiger charge is 2.23. The molecule has 164 valence electrons. The molecule has 2 aliphatic rings. The molecule has 2 saturated heterocycles. The van der Waals surface area contributed by atoms with Gasteiger partial charge in [0.1, 0.15) is 5.82 Å². The lowest BCUT2D eigenvalue weighted by Crippen LogP contribution is -2.52. The van der Waals surface area contributed by atoms with E-state index in [9.17, 15) is 4.39 Å². The molecule has 1 aromatic rings. The molecule has 0 aliphatic carbocycles. The lowest BCUT2D eigenvalue weighted by molar-refractivity contribution is 0.119. The number of piperidine rings is 1. The Hall–Kier alpha value is -1.13. The van der Waals surface area contributed by atoms with Gasteiger partial charge in [-0.3, -0.25) is 9.89 Å². The summed E-state index contributed by atoms with van der Waals surface area (Å²) in [6.07, 6.45) is 2.04. The number of piperazine rings is 1. The molecule has 2 aliphatic heterocycles. The van der Waals surface area contributed by atoms with E-state index in [2.05, 4.69) is 46.4 Å². The average molecular weight is 518 g/mol. The number of guanidine groups is 1. The van der Waals surface area contributed by atoms with Gasteiger partial charge in [-0.1, -0.05) is 6.07 Å². The monoisotopic (exact) mass is 518 g/mol. The second-order valence-corrected chi connectivity index (χ2v) is 8.00. The number of benzene rings is 1. The van der Waals surface area contributed by atoms with Crippen molar-refractivity contribution in [1.29, 1.82) is 0 Å². The molecule has 29 heavy (non-hydrogen) atoms. The van der Waals surface area contributed by atoms with E-state index in [1.54, 1.807) is 12.1 Å². The third-order valence-electron chi connectivity index (χ3n) is 5.79. The lowest BCUT2D eigenvalue weighted by atomic mass is 10.0. The molecule has 0 saturated carbocycles. The predicted octanol–water partition coefficient (Wildman–Crippen LogP) is 2.21. The standard InChI is InChI=1S/C21H35FN6.HI/c1-4-23-21(24-15-20-16-26(2)12-13-27(20)3)25-18-8-10-28(11-9-18)19-7-5-6-17(22)14-19;/h5-7,14,18,20H,4,8-13,15-16H2,1-3H3,(H2,23,24,25);1H. The molecule has 3 rings (SSSR count). The summed E-state index contributed by atoms with van der Waals surface area (Å²) in [6.45, 7) is 8.90. The smallest absolute Gasteiger partial charge is 0.191 e. The SMILES string of the molecule is CCNC(=NCC1CN(C)CCN1C)NC1CCN(c2cccc(F)c2)CC1.I. The molecule has 6 nitrogen and oxygen atoms in total. The third-order valence-corrected chi connectivity index (χ3v) is 5.79. The highest BCUT2D eigenvalue weighted by Crippen LogP contribution is 2.20. The quantitative estimate of drug-likeness (QED) is 0.356. The van der Waals surface area contributed by atoms with Gasteiger partial charge in [-0.2, -0.15) is 0 Å². The fourth-order valence-electron chi connectivity index (χ4n) is 3.96. The highest BCUT2D eigenvalue weighted by atomic mass is 127. The number of nitrogens with zero attached hydrogens (tertiary/aromatic N) is 4. The van der Waals surface area contributed by atoms with Gasteiger partial charge in [-0.05, 0) is 52.1 Å². The summed E-state index contributed by atoms with van der Waals surface area (Å²) in [5.41, 5.74) is 0.975. The van der Waals surface area contributed by atoms with E-state index in [1.807, 2.05) is 6.07 Å². The fraction of sp³-hybridized carbons (Fsp3) is 0.667. The van der Waals surface area contributed by atoms with Crippen molar-refractivity contribution >= 4 is 35.6 Å². The first kappa shape index (κ1) is 24.1. The Morgan fingerprint density at radius 3 is 2.62 bits per heavy atom. The zero-order valence-electron chi connectivity index (χ0n) is 17.9. The minimum Gasteiger partial charge on any atom is -0.371 e.